The molecule has 0 saturated heterocycles. The van der Waals surface area contributed by atoms with Crippen LogP contribution in [0.2, 0.25) is 0 Å². The first-order chi connectivity index (χ1) is 9.47. The van der Waals surface area contributed by atoms with Gasteiger partial charge in [-0.05, 0) is 19.4 Å². The molecule has 0 aliphatic carbocycles. The van der Waals surface area contributed by atoms with E-state index in [-0.39, 0.29) is 0 Å². The summed E-state index contributed by atoms with van der Waals surface area (Å²) in [6, 6.07) is 0. The quantitative estimate of drug-likeness (QED) is 0.888. The molecule has 0 aromatic carbocycles. The second kappa shape index (κ2) is 6.45. The van der Waals surface area contributed by atoms with Gasteiger partial charge in [-0.3, -0.25) is 9.36 Å². The Hall–Kier alpha value is -1.27. The lowest BCUT2D eigenvalue weighted by atomic mass is 10.2. The van der Waals surface area contributed by atoms with E-state index in [0.29, 0.717) is 5.92 Å². The molecule has 0 aliphatic rings. The number of aryl methyl sites for hydroxylation is 3. The Kier molecular flexibility index (Phi) is 4.88. The lowest BCUT2D eigenvalue weighted by Crippen LogP contribution is -2.19. The summed E-state index contributed by atoms with van der Waals surface area (Å²) in [6.45, 7) is 8.38. The third-order valence-corrected chi connectivity index (χ3v) is 4.19. The minimum absolute atomic E-state index is 0.654. The molecule has 6 heteroatoms. The molecule has 0 radical (unpaired) electrons. The summed E-state index contributed by atoms with van der Waals surface area (Å²) >= 11 is 1.72. The maximum absolute atomic E-state index is 4.54. The molecule has 0 unspecified atom stereocenters. The van der Waals surface area contributed by atoms with E-state index in [2.05, 4.69) is 36.3 Å². The first-order valence-electron chi connectivity index (χ1n) is 6.87. The number of rotatable bonds is 6. The van der Waals surface area contributed by atoms with Crippen molar-refractivity contribution in [2.24, 2.45) is 20.0 Å². The van der Waals surface area contributed by atoms with E-state index >= 15 is 0 Å². The van der Waals surface area contributed by atoms with Crippen molar-refractivity contribution in [2.75, 3.05) is 6.54 Å². The monoisotopic (exact) mass is 293 g/mol. The molecule has 1 N–H and O–H groups in total. The minimum Gasteiger partial charge on any atom is -0.312 e. The van der Waals surface area contributed by atoms with E-state index in [1.165, 1.54) is 10.6 Å². The Balaban J connectivity index is 2.14. The smallest absolute Gasteiger partial charge is 0.103 e. The first-order valence-corrected chi connectivity index (χ1v) is 7.68. The highest BCUT2D eigenvalue weighted by atomic mass is 32.2. The minimum atomic E-state index is 0.654. The Labute approximate surface area is 124 Å². The van der Waals surface area contributed by atoms with Gasteiger partial charge in [0.25, 0.3) is 0 Å². The fourth-order valence-electron chi connectivity index (χ4n) is 2.06. The molecule has 0 spiro atoms. The maximum Gasteiger partial charge on any atom is 0.103 e. The largest absolute Gasteiger partial charge is 0.312 e. The van der Waals surface area contributed by atoms with Crippen LogP contribution in [0.1, 0.15) is 25.1 Å². The van der Waals surface area contributed by atoms with Crippen molar-refractivity contribution in [3.63, 3.8) is 0 Å². The van der Waals surface area contributed by atoms with Crippen molar-refractivity contribution in [2.45, 2.75) is 37.2 Å². The van der Waals surface area contributed by atoms with E-state index in [4.69, 9.17) is 0 Å². The lowest BCUT2D eigenvalue weighted by molar-refractivity contribution is 0.548. The van der Waals surface area contributed by atoms with Gasteiger partial charge < -0.3 is 5.32 Å². The molecule has 2 heterocycles. The summed E-state index contributed by atoms with van der Waals surface area (Å²) < 4.78 is 3.78. The van der Waals surface area contributed by atoms with Crippen LogP contribution in [0.4, 0.5) is 0 Å². The number of nitrogens with one attached hydrogen (secondary N) is 1. The van der Waals surface area contributed by atoms with Crippen LogP contribution in [0, 0.1) is 12.8 Å². The highest BCUT2D eigenvalue weighted by molar-refractivity contribution is 7.99. The third kappa shape index (κ3) is 3.64. The van der Waals surface area contributed by atoms with E-state index in [9.17, 15) is 0 Å². The first kappa shape index (κ1) is 15.1. The number of hydrogen-bond acceptors (Lipinski definition) is 4. The van der Waals surface area contributed by atoms with Crippen molar-refractivity contribution in [1.29, 1.82) is 0 Å². The summed E-state index contributed by atoms with van der Waals surface area (Å²) in [5.74, 6) is 0.654. The summed E-state index contributed by atoms with van der Waals surface area (Å²) in [6.07, 6.45) is 3.91. The average molecular weight is 293 g/mol. The zero-order valence-electron chi connectivity index (χ0n) is 12.8. The molecule has 0 bridgehead atoms. The van der Waals surface area contributed by atoms with Gasteiger partial charge in [0.2, 0.25) is 0 Å². The molecule has 5 nitrogen and oxygen atoms in total. The van der Waals surface area contributed by atoms with Gasteiger partial charge >= 0.3 is 0 Å². The van der Waals surface area contributed by atoms with E-state index in [1.807, 2.05) is 35.9 Å². The fourth-order valence-corrected chi connectivity index (χ4v) is 3.11. The molecular weight excluding hydrogens is 270 g/mol. The van der Waals surface area contributed by atoms with Crippen LogP contribution in [0.5, 0.6) is 0 Å². The Morgan fingerprint density at radius 2 is 2.10 bits per heavy atom. The van der Waals surface area contributed by atoms with Crippen molar-refractivity contribution in [1.82, 2.24) is 24.9 Å². The van der Waals surface area contributed by atoms with Crippen LogP contribution in [0.25, 0.3) is 0 Å². The summed E-state index contributed by atoms with van der Waals surface area (Å²) in [7, 11) is 3.93. The molecule has 2 aromatic rings. The molecule has 2 rings (SSSR count). The van der Waals surface area contributed by atoms with Crippen molar-refractivity contribution < 1.29 is 0 Å². The molecule has 0 saturated carbocycles. The van der Waals surface area contributed by atoms with Crippen LogP contribution in [0.3, 0.4) is 0 Å². The predicted molar refractivity (Wildman–Crippen MR) is 81.8 cm³/mol. The van der Waals surface area contributed by atoms with Crippen molar-refractivity contribution in [3.8, 4) is 0 Å². The summed E-state index contributed by atoms with van der Waals surface area (Å²) in [5, 5.41) is 13.4. The molecule has 2 aromatic heterocycles. The van der Waals surface area contributed by atoms with Crippen LogP contribution in [-0.4, -0.2) is 26.1 Å². The zero-order chi connectivity index (χ0) is 14.7. The standard InChI is InChI=1S/C14H23N5S/c1-10(2)6-15-8-13-11(3)17-19(5)14(13)20-12-7-16-18(4)9-12/h7,9-10,15H,6,8H2,1-5H3. The lowest BCUT2D eigenvalue weighted by Gasteiger charge is -2.09. The molecular formula is C14H23N5S. The summed E-state index contributed by atoms with van der Waals surface area (Å²) in [5.41, 5.74) is 2.37. The van der Waals surface area contributed by atoms with Crippen LogP contribution in [0.15, 0.2) is 22.3 Å². The van der Waals surface area contributed by atoms with Crippen LogP contribution < -0.4 is 5.32 Å². The van der Waals surface area contributed by atoms with Gasteiger partial charge in [-0.15, -0.1) is 0 Å². The average Bonchev–Trinajstić information content (AvgIpc) is 2.87. The number of hydrogen-bond donors (Lipinski definition) is 1. The maximum atomic E-state index is 4.54. The van der Waals surface area contributed by atoms with Crippen molar-refractivity contribution in [3.05, 3.63) is 23.7 Å². The second-order valence-electron chi connectivity index (χ2n) is 5.47. The molecule has 20 heavy (non-hydrogen) atoms. The van der Waals surface area contributed by atoms with Gasteiger partial charge in [0.1, 0.15) is 5.03 Å². The topological polar surface area (TPSA) is 47.7 Å². The SMILES string of the molecule is Cc1nn(C)c(Sc2cnn(C)c2)c1CNCC(C)C. The number of aromatic nitrogens is 4. The van der Waals surface area contributed by atoms with Gasteiger partial charge in [0.05, 0.1) is 16.8 Å². The normalized spacial score (nSPS) is 11.5. The van der Waals surface area contributed by atoms with Crippen LogP contribution >= 0.6 is 11.8 Å². The molecule has 0 aliphatic heterocycles. The van der Waals surface area contributed by atoms with E-state index in [0.717, 1.165) is 23.7 Å². The van der Waals surface area contributed by atoms with Gasteiger partial charge in [0.15, 0.2) is 0 Å². The van der Waals surface area contributed by atoms with Gasteiger partial charge in [-0.25, -0.2) is 0 Å². The highest BCUT2D eigenvalue weighted by Crippen LogP contribution is 2.31. The summed E-state index contributed by atoms with van der Waals surface area (Å²) in [4.78, 5) is 1.14. The van der Waals surface area contributed by atoms with Gasteiger partial charge in [-0.1, -0.05) is 25.6 Å². The zero-order valence-corrected chi connectivity index (χ0v) is 13.7. The van der Waals surface area contributed by atoms with Crippen molar-refractivity contribution >= 4 is 11.8 Å². The second-order valence-corrected chi connectivity index (χ2v) is 6.53. The molecule has 0 fully saturated rings. The van der Waals surface area contributed by atoms with E-state index < -0.39 is 0 Å². The third-order valence-electron chi connectivity index (χ3n) is 3.04. The Bertz CT molecular complexity index is 570. The highest BCUT2D eigenvalue weighted by Gasteiger charge is 2.15. The van der Waals surface area contributed by atoms with Crippen LogP contribution in [-0.2, 0) is 20.6 Å². The molecule has 0 atom stereocenters. The molecule has 110 valence electrons. The molecule has 0 amide bonds. The Morgan fingerprint density at radius 1 is 1.35 bits per heavy atom. The van der Waals surface area contributed by atoms with E-state index in [1.54, 1.807) is 11.8 Å². The fraction of sp³-hybridized carbons (Fsp3) is 0.571. The predicted octanol–water partition coefficient (Wildman–Crippen LogP) is 2.36. The Morgan fingerprint density at radius 3 is 2.70 bits per heavy atom. The number of nitrogens with zero attached hydrogens (tertiary/aromatic N) is 4. The van der Waals surface area contributed by atoms with Gasteiger partial charge in [-0.2, -0.15) is 10.2 Å². The van der Waals surface area contributed by atoms with Gasteiger partial charge in [0, 0.05) is 32.4 Å².